The molecule has 1 amide bonds. The maximum atomic E-state index is 11.2. The minimum absolute atomic E-state index is 0.0477. The Morgan fingerprint density at radius 2 is 2.08 bits per heavy atom. The van der Waals surface area contributed by atoms with E-state index in [9.17, 15) is 4.79 Å². The number of rotatable bonds is 1. The van der Waals surface area contributed by atoms with Crippen LogP contribution >= 0.6 is 0 Å². The Labute approximate surface area is 71.4 Å². The predicted octanol–water partition coefficient (Wildman–Crippen LogP) is 0.307. The summed E-state index contributed by atoms with van der Waals surface area (Å²) >= 11 is 0. The molecule has 0 aromatic carbocycles. The Balaban J connectivity index is 2.45. The summed E-state index contributed by atoms with van der Waals surface area (Å²) in [6.45, 7) is 3.89. The van der Waals surface area contributed by atoms with Crippen LogP contribution in [0, 0.1) is 0 Å². The van der Waals surface area contributed by atoms with Crippen LogP contribution in [0.1, 0.15) is 6.92 Å². The molecule has 1 saturated heterocycles. The summed E-state index contributed by atoms with van der Waals surface area (Å²) in [5.41, 5.74) is 0. The summed E-state index contributed by atoms with van der Waals surface area (Å²) in [6.07, 6.45) is 1.23. The topological polar surface area (TPSA) is 49.8 Å². The van der Waals surface area contributed by atoms with Gasteiger partial charge in [0.1, 0.15) is 0 Å². The zero-order valence-corrected chi connectivity index (χ0v) is 7.12. The van der Waals surface area contributed by atoms with E-state index in [0.717, 1.165) is 0 Å². The molecular formula is C8H13NO3. The fourth-order valence-electron chi connectivity index (χ4n) is 1.05. The number of morpholine rings is 1. The van der Waals surface area contributed by atoms with E-state index < -0.39 is 0 Å². The van der Waals surface area contributed by atoms with Gasteiger partial charge in [0, 0.05) is 19.2 Å². The van der Waals surface area contributed by atoms with E-state index in [1.807, 2.05) is 0 Å². The van der Waals surface area contributed by atoms with Crippen molar-refractivity contribution >= 4 is 5.91 Å². The lowest BCUT2D eigenvalue weighted by Gasteiger charge is -2.25. The fourth-order valence-corrected chi connectivity index (χ4v) is 1.05. The second kappa shape index (κ2) is 4.11. The van der Waals surface area contributed by atoms with Gasteiger partial charge >= 0.3 is 0 Å². The lowest BCUT2D eigenvalue weighted by molar-refractivity contribution is -0.130. The van der Waals surface area contributed by atoms with Gasteiger partial charge in [-0.1, -0.05) is 0 Å². The first-order valence-electron chi connectivity index (χ1n) is 3.94. The van der Waals surface area contributed by atoms with Crippen molar-refractivity contribution in [3.8, 4) is 0 Å². The van der Waals surface area contributed by atoms with Gasteiger partial charge in [-0.05, 0) is 6.92 Å². The normalized spacial score (nSPS) is 19.4. The van der Waals surface area contributed by atoms with Crippen LogP contribution in [0.25, 0.3) is 0 Å². The average molecular weight is 171 g/mol. The minimum atomic E-state index is -0.140. The molecule has 0 unspecified atom stereocenters. The van der Waals surface area contributed by atoms with Gasteiger partial charge in [-0.2, -0.15) is 0 Å². The molecule has 1 aliphatic heterocycles. The second-order valence-corrected chi connectivity index (χ2v) is 2.72. The van der Waals surface area contributed by atoms with Crippen LogP contribution in [-0.4, -0.2) is 42.2 Å². The average Bonchev–Trinajstić information content (AvgIpc) is 2.05. The summed E-state index contributed by atoms with van der Waals surface area (Å²) in [5.74, 6) is -0.0928. The van der Waals surface area contributed by atoms with Gasteiger partial charge in [-0.25, -0.2) is 0 Å². The van der Waals surface area contributed by atoms with Crippen molar-refractivity contribution in [1.82, 2.24) is 4.90 Å². The molecule has 0 aromatic rings. The number of nitrogens with zero attached hydrogens (tertiary/aromatic N) is 1. The van der Waals surface area contributed by atoms with Gasteiger partial charge in [-0.3, -0.25) is 4.79 Å². The highest BCUT2D eigenvalue weighted by Crippen LogP contribution is 1.99. The van der Waals surface area contributed by atoms with Crippen LogP contribution in [0.3, 0.4) is 0 Å². The molecule has 0 saturated carbocycles. The third kappa shape index (κ3) is 2.54. The van der Waals surface area contributed by atoms with Crippen molar-refractivity contribution in [3.05, 3.63) is 11.8 Å². The number of hydrogen-bond donors (Lipinski definition) is 1. The number of aliphatic hydroxyl groups is 1. The van der Waals surface area contributed by atoms with Crippen molar-refractivity contribution in [1.29, 1.82) is 0 Å². The Morgan fingerprint density at radius 3 is 2.58 bits per heavy atom. The fraction of sp³-hybridized carbons (Fsp3) is 0.625. The number of aliphatic hydroxyl groups excluding tert-OH is 1. The van der Waals surface area contributed by atoms with Crippen LogP contribution in [0.2, 0.25) is 0 Å². The van der Waals surface area contributed by atoms with Gasteiger partial charge in [-0.15, -0.1) is 0 Å². The zero-order valence-electron chi connectivity index (χ0n) is 7.12. The quantitative estimate of drug-likeness (QED) is 0.456. The number of hydrogen-bond acceptors (Lipinski definition) is 3. The van der Waals surface area contributed by atoms with Crippen molar-refractivity contribution in [2.75, 3.05) is 26.3 Å². The molecule has 1 N–H and O–H groups in total. The van der Waals surface area contributed by atoms with E-state index in [4.69, 9.17) is 9.84 Å². The largest absolute Gasteiger partial charge is 0.512 e. The number of carbonyl (C=O) groups excluding carboxylic acids is 1. The van der Waals surface area contributed by atoms with E-state index in [1.165, 1.54) is 13.0 Å². The van der Waals surface area contributed by atoms with Crippen LogP contribution in [0.5, 0.6) is 0 Å². The van der Waals surface area contributed by atoms with Crippen molar-refractivity contribution in [2.24, 2.45) is 0 Å². The minimum Gasteiger partial charge on any atom is -0.512 e. The van der Waals surface area contributed by atoms with Gasteiger partial charge < -0.3 is 14.7 Å². The molecule has 0 aliphatic carbocycles. The second-order valence-electron chi connectivity index (χ2n) is 2.72. The molecule has 0 bridgehead atoms. The molecule has 1 aliphatic rings. The predicted molar refractivity (Wildman–Crippen MR) is 43.8 cm³/mol. The lowest BCUT2D eigenvalue weighted by Crippen LogP contribution is -2.39. The Kier molecular flexibility index (Phi) is 3.10. The molecular weight excluding hydrogens is 158 g/mol. The molecule has 1 rings (SSSR count). The van der Waals surface area contributed by atoms with Gasteiger partial charge in [0.2, 0.25) is 5.91 Å². The molecule has 0 radical (unpaired) electrons. The monoisotopic (exact) mass is 171 g/mol. The number of amides is 1. The highest BCUT2D eigenvalue weighted by molar-refractivity contribution is 5.87. The summed E-state index contributed by atoms with van der Waals surface area (Å²) in [4.78, 5) is 12.9. The van der Waals surface area contributed by atoms with Crippen LogP contribution < -0.4 is 0 Å². The summed E-state index contributed by atoms with van der Waals surface area (Å²) < 4.78 is 5.08. The first kappa shape index (κ1) is 9.06. The van der Waals surface area contributed by atoms with Crippen LogP contribution in [0.15, 0.2) is 11.8 Å². The Morgan fingerprint density at radius 1 is 1.50 bits per heavy atom. The highest BCUT2D eigenvalue weighted by atomic mass is 16.5. The molecule has 4 heteroatoms. The first-order chi connectivity index (χ1) is 5.70. The van der Waals surface area contributed by atoms with E-state index in [0.29, 0.717) is 26.3 Å². The molecule has 0 aromatic heterocycles. The van der Waals surface area contributed by atoms with Gasteiger partial charge in [0.05, 0.1) is 19.0 Å². The van der Waals surface area contributed by atoms with Crippen LogP contribution in [-0.2, 0) is 9.53 Å². The Bertz CT molecular complexity index is 190. The summed E-state index contributed by atoms with van der Waals surface area (Å²) in [5, 5.41) is 8.84. The standard InChI is InChI=1S/C8H13NO3/c1-7(10)6-8(11)9-2-4-12-5-3-9/h6,10H,2-5H2,1H3/b7-6+. The third-order valence-electron chi connectivity index (χ3n) is 1.66. The Hall–Kier alpha value is -1.03. The van der Waals surface area contributed by atoms with Crippen molar-refractivity contribution < 1.29 is 14.6 Å². The number of carbonyl (C=O) groups is 1. The van der Waals surface area contributed by atoms with Gasteiger partial charge in [0.15, 0.2) is 0 Å². The first-order valence-corrected chi connectivity index (χ1v) is 3.94. The van der Waals surface area contributed by atoms with Crippen molar-refractivity contribution in [2.45, 2.75) is 6.92 Å². The third-order valence-corrected chi connectivity index (χ3v) is 1.66. The maximum Gasteiger partial charge on any atom is 0.250 e. The maximum absolute atomic E-state index is 11.2. The molecule has 68 valence electrons. The van der Waals surface area contributed by atoms with Gasteiger partial charge in [0.25, 0.3) is 0 Å². The molecule has 1 heterocycles. The zero-order chi connectivity index (χ0) is 8.97. The number of ether oxygens (including phenoxy) is 1. The molecule has 0 atom stereocenters. The smallest absolute Gasteiger partial charge is 0.250 e. The summed E-state index contributed by atoms with van der Waals surface area (Å²) in [6, 6.07) is 0. The molecule has 1 fully saturated rings. The summed E-state index contributed by atoms with van der Waals surface area (Å²) in [7, 11) is 0. The molecule has 0 spiro atoms. The van der Waals surface area contributed by atoms with Crippen molar-refractivity contribution in [3.63, 3.8) is 0 Å². The van der Waals surface area contributed by atoms with E-state index in [-0.39, 0.29) is 11.7 Å². The van der Waals surface area contributed by atoms with E-state index in [2.05, 4.69) is 0 Å². The molecule has 12 heavy (non-hydrogen) atoms. The van der Waals surface area contributed by atoms with E-state index >= 15 is 0 Å². The molecule has 4 nitrogen and oxygen atoms in total. The SMILES string of the molecule is C/C(O)=C\C(=O)N1CCOCC1. The lowest BCUT2D eigenvalue weighted by atomic mass is 10.3. The number of allylic oxidation sites excluding steroid dienone is 1. The van der Waals surface area contributed by atoms with Crippen LogP contribution in [0.4, 0.5) is 0 Å². The highest BCUT2D eigenvalue weighted by Gasteiger charge is 2.14. The van der Waals surface area contributed by atoms with E-state index in [1.54, 1.807) is 4.90 Å².